The summed E-state index contributed by atoms with van der Waals surface area (Å²) >= 11 is 0. The lowest BCUT2D eigenvalue weighted by Gasteiger charge is -2.14. The van der Waals surface area contributed by atoms with E-state index in [9.17, 15) is 8.42 Å². The molecule has 0 heterocycles. The SMILES string of the molecule is CCCCCCCCCC(CCCC)OS(=O)(=O)O. The van der Waals surface area contributed by atoms with Gasteiger partial charge in [0, 0.05) is 0 Å². The third kappa shape index (κ3) is 14.1. The predicted octanol–water partition coefficient (Wildman–Crippen LogP) is 4.51. The third-order valence-corrected chi connectivity index (χ3v) is 3.78. The van der Waals surface area contributed by atoms with Crippen molar-refractivity contribution in [2.24, 2.45) is 0 Å². The summed E-state index contributed by atoms with van der Waals surface area (Å²) in [4.78, 5) is 0. The second kappa shape index (κ2) is 11.7. The molecule has 1 unspecified atom stereocenters. The molecule has 0 aliphatic carbocycles. The minimum Gasteiger partial charge on any atom is -0.264 e. The second-order valence-corrected chi connectivity index (χ2v) is 6.25. The molecule has 4 nitrogen and oxygen atoms in total. The molecule has 0 aliphatic heterocycles. The molecule has 0 fully saturated rings. The lowest BCUT2D eigenvalue weighted by atomic mass is 10.0. The van der Waals surface area contributed by atoms with Gasteiger partial charge < -0.3 is 0 Å². The molecule has 0 bridgehead atoms. The lowest BCUT2D eigenvalue weighted by molar-refractivity contribution is 0.158. The van der Waals surface area contributed by atoms with E-state index in [1.165, 1.54) is 32.1 Å². The molecule has 0 rings (SSSR count). The molecule has 0 radical (unpaired) electrons. The van der Waals surface area contributed by atoms with E-state index in [4.69, 9.17) is 8.74 Å². The molecule has 1 N–H and O–H groups in total. The largest absolute Gasteiger partial charge is 0.397 e. The van der Waals surface area contributed by atoms with Crippen molar-refractivity contribution in [2.75, 3.05) is 0 Å². The van der Waals surface area contributed by atoms with E-state index < -0.39 is 10.4 Å². The van der Waals surface area contributed by atoms with Gasteiger partial charge in [-0.1, -0.05) is 71.6 Å². The first-order chi connectivity index (χ1) is 8.99. The molecule has 0 aromatic rings. The van der Waals surface area contributed by atoms with Crippen molar-refractivity contribution in [2.45, 2.75) is 90.6 Å². The van der Waals surface area contributed by atoms with Gasteiger partial charge in [0.05, 0.1) is 6.10 Å². The summed E-state index contributed by atoms with van der Waals surface area (Å²) in [5, 5.41) is 0. The van der Waals surface area contributed by atoms with E-state index in [0.717, 1.165) is 25.7 Å². The van der Waals surface area contributed by atoms with E-state index in [0.29, 0.717) is 12.8 Å². The standard InChI is InChI=1S/C14H30O4S/c1-3-5-7-8-9-10-11-13-14(12-6-4-2)18-19(15,16)17/h14H,3-13H2,1-2H3,(H,15,16,17). The van der Waals surface area contributed by atoms with Crippen molar-refractivity contribution in [1.82, 2.24) is 0 Å². The van der Waals surface area contributed by atoms with Crippen molar-refractivity contribution >= 4 is 10.4 Å². The average Bonchev–Trinajstić information content (AvgIpc) is 2.33. The summed E-state index contributed by atoms with van der Waals surface area (Å²) in [6, 6.07) is 0. The molecule has 116 valence electrons. The monoisotopic (exact) mass is 294 g/mol. The Morgan fingerprint density at radius 1 is 0.842 bits per heavy atom. The van der Waals surface area contributed by atoms with Gasteiger partial charge in [0.25, 0.3) is 0 Å². The third-order valence-electron chi connectivity index (χ3n) is 3.27. The Morgan fingerprint density at radius 3 is 1.84 bits per heavy atom. The van der Waals surface area contributed by atoms with Crippen LogP contribution in [-0.2, 0) is 14.6 Å². The quantitative estimate of drug-likeness (QED) is 0.401. The molecule has 0 saturated carbocycles. The van der Waals surface area contributed by atoms with Crippen LogP contribution in [0, 0.1) is 0 Å². The summed E-state index contributed by atoms with van der Waals surface area (Å²) < 4.78 is 34.9. The number of hydrogen-bond donors (Lipinski definition) is 1. The molecule has 0 aromatic heterocycles. The van der Waals surface area contributed by atoms with Crippen molar-refractivity contribution in [1.29, 1.82) is 0 Å². The van der Waals surface area contributed by atoms with E-state index >= 15 is 0 Å². The van der Waals surface area contributed by atoms with E-state index in [1.807, 2.05) is 0 Å². The summed E-state index contributed by atoms with van der Waals surface area (Å²) in [5.41, 5.74) is 0. The van der Waals surface area contributed by atoms with Crippen LogP contribution in [0.25, 0.3) is 0 Å². The van der Waals surface area contributed by atoms with Gasteiger partial charge in [0.15, 0.2) is 0 Å². The van der Waals surface area contributed by atoms with Crippen LogP contribution in [0.4, 0.5) is 0 Å². The Labute approximate surface area is 118 Å². The van der Waals surface area contributed by atoms with Gasteiger partial charge in [0.2, 0.25) is 0 Å². The maximum Gasteiger partial charge on any atom is 0.397 e. The van der Waals surface area contributed by atoms with Gasteiger partial charge >= 0.3 is 10.4 Å². The summed E-state index contributed by atoms with van der Waals surface area (Å²) in [5.74, 6) is 0. The Hall–Kier alpha value is -0.130. The minimum atomic E-state index is -4.31. The molecule has 19 heavy (non-hydrogen) atoms. The van der Waals surface area contributed by atoms with Crippen LogP contribution in [0.2, 0.25) is 0 Å². The molecule has 5 heteroatoms. The topological polar surface area (TPSA) is 63.6 Å². The highest BCUT2D eigenvalue weighted by molar-refractivity contribution is 7.80. The minimum absolute atomic E-state index is 0.356. The fraction of sp³-hybridized carbons (Fsp3) is 1.00. The first kappa shape index (κ1) is 18.9. The fourth-order valence-electron chi connectivity index (χ4n) is 2.17. The summed E-state index contributed by atoms with van der Waals surface area (Å²) in [6.45, 7) is 4.25. The molecular formula is C14H30O4S. The highest BCUT2D eigenvalue weighted by atomic mass is 32.3. The van der Waals surface area contributed by atoms with E-state index in [-0.39, 0.29) is 6.10 Å². The highest BCUT2D eigenvalue weighted by Crippen LogP contribution is 2.16. The first-order valence-corrected chi connectivity index (χ1v) is 9.01. The number of unbranched alkanes of at least 4 members (excludes halogenated alkanes) is 7. The number of hydrogen-bond acceptors (Lipinski definition) is 3. The van der Waals surface area contributed by atoms with E-state index in [1.54, 1.807) is 0 Å². The predicted molar refractivity (Wildman–Crippen MR) is 78.6 cm³/mol. The van der Waals surface area contributed by atoms with Gasteiger partial charge in [0.1, 0.15) is 0 Å². The molecule has 1 atom stereocenters. The van der Waals surface area contributed by atoms with Gasteiger partial charge in [-0.2, -0.15) is 8.42 Å². The van der Waals surface area contributed by atoms with Crippen LogP contribution in [-0.4, -0.2) is 19.1 Å². The molecule has 0 amide bonds. The van der Waals surface area contributed by atoms with Crippen LogP contribution >= 0.6 is 0 Å². The Morgan fingerprint density at radius 2 is 1.32 bits per heavy atom. The second-order valence-electron chi connectivity index (χ2n) is 5.20. The number of rotatable bonds is 13. The summed E-state index contributed by atoms with van der Waals surface area (Å²) in [7, 11) is -4.31. The zero-order valence-corrected chi connectivity index (χ0v) is 13.3. The lowest BCUT2D eigenvalue weighted by Crippen LogP contribution is -2.18. The van der Waals surface area contributed by atoms with Crippen molar-refractivity contribution in [3.63, 3.8) is 0 Å². The Bertz CT molecular complexity index is 288. The van der Waals surface area contributed by atoms with Crippen LogP contribution in [0.5, 0.6) is 0 Å². The molecule has 0 saturated heterocycles. The van der Waals surface area contributed by atoms with Gasteiger partial charge in [-0.25, -0.2) is 4.18 Å². The first-order valence-electron chi connectivity index (χ1n) is 7.65. The zero-order chi connectivity index (χ0) is 14.6. The van der Waals surface area contributed by atoms with Crippen molar-refractivity contribution in [3.8, 4) is 0 Å². The van der Waals surface area contributed by atoms with Crippen molar-refractivity contribution in [3.05, 3.63) is 0 Å². The highest BCUT2D eigenvalue weighted by Gasteiger charge is 2.16. The normalized spacial score (nSPS) is 13.6. The Kier molecular flexibility index (Phi) is 11.6. The zero-order valence-electron chi connectivity index (χ0n) is 12.4. The van der Waals surface area contributed by atoms with Crippen LogP contribution in [0.1, 0.15) is 84.5 Å². The molecular weight excluding hydrogens is 264 g/mol. The van der Waals surface area contributed by atoms with Crippen molar-refractivity contribution < 1.29 is 17.2 Å². The fourth-order valence-corrected chi connectivity index (χ4v) is 2.71. The van der Waals surface area contributed by atoms with Gasteiger partial charge in [-0.15, -0.1) is 0 Å². The summed E-state index contributed by atoms with van der Waals surface area (Å²) in [6.07, 6.45) is 11.4. The van der Waals surface area contributed by atoms with Gasteiger partial charge in [-0.05, 0) is 12.8 Å². The maximum atomic E-state index is 10.7. The molecule has 0 aliphatic rings. The van der Waals surface area contributed by atoms with Crippen LogP contribution < -0.4 is 0 Å². The average molecular weight is 294 g/mol. The maximum absolute atomic E-state index is 10.7. The van der Waals surface area contributed by atoms with Gasteiger partial charge in [-0.3, -0.25) is 4.55 Å². The van der Waals surface area contributed by atoms with Crippen LogP contribution in [0.15, 0.2) is 0 Å². The van der Waals surface area contributed by atoms with Crippen LogP contribution in [0.3, 0.4) is 0 Å². The molecule has 0 aromatic carbocycles. The smallest absolute Gasteiger partial charge is 0.264 e. The molecule has 0 spiro atoms. The van der Waals surface area contributed by atoms with E-state index in [2.05, 4.69) is 13.8 Å². The Balaban J connectivity index is 3.73.